The third-order valence-corrected chi connectivity index (χ3v) is 4.32. The summed E-state index contributed by atoms with van der Waals surface area (Å²) in [6.45, 7) is 6.02. The molecule has 0 aromatic heterocycles. The Kier molecular flexibility index (Phi) is 4.59. The molecule has 1 saturated carbocycles. The number of nitrogens with one attached hydrogen (secondary N) is 1. The number of hydrogen-bond donors (Lipinski definition) is 2. The summed E-state index contributed by atoms with van der Waals surface area (Å²) in [7, 11) is 2.11. The molecule has 2 fully saturated rings. The highest BCUT2D eigenvalue weighted by atomic mass is 16.2. The predicted molar refractivity (Wildman–Crippen MR) is 71.7 cm³/mol. The summed E-state index contributed by atoms with van der Waals surface area (Å²) in [4.78, 5) is 14.5. The van der Waals surface area contributed by atoms with Gasteiger partial charge < -0.3 is 10.6 Å². The average Bonchev–Trinajstić information content (AvgIpc) is 2.32. The highest BCUT2D eigenvalue weighted by molar-refractivity contribution is 5.78. The van der Waals surface area contributed by atoms with Gasteiger partial charge in [0.25, 0.3) is 0 Å². The van der Waals surface area contributed by atoms with E-state index >= 15 is 0 Å². The molecule has 104 valence electrons. The lowest BCUT2D eigenvalue weighted by molar-refractivity contribution is -0.133. The number of amides is 1. The minimum Gasteiger partial charge on any atom is -0.328 e. The van der Waals surface area contributed by atoms with Crippen molar-refractivity contribution < 1.29 is 4.79 Å². The van der Waals surface area contributed by atoms with Crippen LogP contribution < -0.4 is 11.2 Å². The maximum absolute atomic E-state index is 12.3. The third-order valence-electron chi connectivity index (χ3n) is 4.32. The van der Waals surface area contributed by atoms with E-state index in [9.17, 15) is 4.79 Å². The number of hydrogen-bond acceptors (Lipinski definition) is 4. The molecule has 18 heavy (non-hydrogen) atoms. The normalized spacial score (nSPS) is 35.4. The molecule has 5 nitrogen and oxygen atoms in total. The van der Waals surface area contributed by atoms with E-state index in [4.69, 9.17) is 5.73 Å². The van der Waals surface area contributed by atoms with Crippen LogP contribution in [0.2, 0.25) is 0 Å². The number of likely N-dealkylation sites (N-methyl/N-ethyl adjacent to an activating group) is 1. The van der Waals surface area contributed by atoms with E-state index in [1.165, 1.54) is 0 Å². The number of nitrogens with two attached hydrogens (primary N) is 1. The molecule has 0 aromatic rings. The molecule has 1 heterocycles. The topological polar surface area (TPSA) is 61.6 Å². The summed E-state index contributed by atoms with van der Waals surface area (Å²) in [6.07, 6.45) is 2.88. The van der Waals surface area contributed by atoms with Crippen molar-refractivity contribution in [2.45, 2.75) is 32.2 Å². The minimum atomic E-state index is 0.143. The first-order valence-corrected chi connectivity index (χ1v) is 7.06. The quantitative estimate of drug-likeness (QED) is 0.730. The molecule has 0 radical (unpaired) electrons. The molecule has 1 aliphatic carbocycles. The molecule has 3 N–H and O–H groups in total. The van der Waals surface area contributed by atoms with Crippen LogP contribution >= 0.6 is 0 Å². The monoisotopic (exact) mass is 254 g/mol. The van der Waals surface area contributed by atoms with Crippen LogP contribution in [0.15, 0.2) is 0 Å². The SMILES string of the molecule is CC1CC(N)CCC1C(=O)NN1CCN(C)CC1. The summed E-state index contributed by atoms with van der Waals surface area (Å²) in [5.74, 6) is 0.740. The van der Waals surface area contributed by atoms with E-state index in [0.717, 1.165) is 45.4 Å². The van der Waals surface area contributed by atoms with Gasteiger partial charge in [-0.2, -0.15) is 0 Å². The van der Waals surface area contributed by atoms with Gasteiger partial charge in [-0.25, -0.2) is 5.01 Å². The Labute approximate surface area is 110 Å². The van der Waals surface area contributed by atoms with Crippen molar-refractivity contribution in [1.82, 2.24) is 15.3 Å². The molecular weight excluding hydrogens is 228 g/mol. The Morgan fingerprint density at radius 3 is 2.50 bits per heavy atom. The fourth-order valence-electron chi connectivity index (χ4n) is 2.98. The first-order valence-electron chi connectivity index (χ1n) is 7.06. The lowest BCUT2D eigenvalue weighted by Crippen LogP contribution is -2.54. The van der Waals surface area contributed by atoms with Gasteiger partial charge in [0.2, 0.25) is 5.91 Å². The zero-order valence-corrected chi connectivity index (χ0v) is 11.6. The second-order valence-electron chi connectivity index (χ2n) is 5.92. The molecule has 1 saturated heterocycles. The average molecular weight is 254 g/mol. The Balaban J connectivity index is 1.80. The van der Waals surface area contributed by atoms with Gasteiger partial charge >= 0.3 is 0 Å². The second-order valence-corrected chi connectivity index (χ2v) is 5.92. The number of piperazine rings is 1. The van der Waals surface area contributed by atoms with Gasteiger partial charge in [0.15, 0.2) is 0 Å². The molecular formula is C13H26N4O. The molecule has 5 heteroatoms. The minimum absolute atomic E-state index is 0.143. The number of carbonyl (C=O) groups excluding carboxylic acids is 1. The van der Waals surface area contributed by atoms with E-state index < -0.39 is 0 Å². The molecule has 0 aromatic carbocycles. The fraction of sp³-hybridized carbons (Fsp3) is 0.923. The first-order chi connectivity index (χ1) is 8.56. The van der Waals surface area contributed by atoms with Crippen LogP contribution in [-0.4, -0.2) is 55.1 Å². The van der Waals surface area contributed by atoms with Gasteiger partial charge in [-0.15, -0.1) is 0 Å². The summed E-state index contributed by atoms with van der Waals surface area (Å²) >= 11 is 0. The molecule has 2 aliphatic rings. The van der Waals surface area contributed by atoms with Crippen LogP contribution in [0, 0.1) is 11.8 Å². The summed E-state index contributed by atoms with van der Waals surface area (Å²) in [6, 6.07) is 0.285. The van der Waals surface area contributed by atoms with Gasteiger partial charge in [0, 0.05) is 38.1 Å². The van der Waals surface area contributed by atoms with Crippen molar-refractivity contribution in [2.24, 2.45) is 17.6 Å². The lowest BCUT2D eigenvalue weighted by Gasteiger charge is -2.36. The highest BCUT2D eigenvalue weighted by Crippen LogP contribution is 2.29. The lowest BCUT2D eigenvalue weighted by atomic mass is 9.78. The van der Waals surface area contributed by atoms with Crippen molar-refractivity contribution >= 4 is 5.91 Å². The number of nitrogens with zero attached hydrogens (tertiary/aromatic N) is 2. The summed E-state index contributed by atoms with van der Waals surface area (Å²) in [5, 5.41) is 2.06. The van der Waals surface area contributed by atoms with Crippen LogP contribution in [-0.2, 0) is 4.79 Å². The highest BCUT2D eigenvalue weighted by Gasteiger charge is 2.31. The zero-order valence-electron chi connectivity index (χ0n) is 11.6. The van der Waals surface area contributed by atoms with Crippen LogP contribution in [0.4, 0.5) is 0 Å². The molecule has 1 amide bonds. The molecule has 1 aliphatic heterocycles. The van der Waals surface area contributed by atoms with Gasteiger partial charge in [-0.3, -0.25) is 10.2 Å². The summed E-state index contributed by atoms with van der Waals surface area (Å²) < 4.78 is 0. The van der Waals surface area contributed by atoms with Crippen molar-refractivity contribution in [3.8, 4) is 0 Å². The standard InChI is InChI=1S/C13H26N4O/c1-10-9-11(14)3-4-12(10)13(18)15-17-7-5-16(2)6-8-17/h10-12H,3-9,14H2,1-2H3,(H,15,18). The van der Waals surface area contributed by atoms with E-state index in [-0.39, 0.29) is 17.9 Å². The van der Waals surface area contributed by atoms with Crippen molar-refractivity contribution in [3.05, 3.63) is 0 Å². The maximum atomic E-state index is 12.3. The van der Waals surface area contributed by atoms with Crippen molar-refractivity contribution in [3.63, 3.8) is 0 Å². The molecule has 2 rings (SSSR count). The third kappa shape index (κ3) is 3.43. The Morgan fingerprint density at radius 1 is 1.22 bits per heavy atom. The maximum Gasteiger partial charge on any atom is 0.237 e. The van der Waals surface area contributed by atoms with E-state index in [2.05, 4.69) is 29.3 Å². The Morgan fingerprint density at radius 2 is 1.89 bits per heavy atom. The summed E-state index contributed by atoms with van der Waals surface area (Å²) in [5.41, 5.74) is 9.02. The van der Waals surface area contributed by atoms with Crippen LogP contribution in [0.3, 0.4) is 0 Å². The Hall–Kier alpha value is -0.650. The molecule has 3 atom stereocenters. The molecule has 0 bridgehead atoms. The fourth-order valence-corrected chi connectivity index (χ4v) is 2.98. The van der Waals surface area contributed by atoms with Crippen LogP contribution in [0.5, 0.6) is 0 Å². The van der Waals surface area contributed by atoms with Crippen LogP contribution in [0.1, 0.15) is 26.2 Å². The number of rotatable bonds is 2. The van der Waals surface area contributed by atoms with E-state index in [0.29, 0.717) is 5.92 Å². The predicted octanol–water partition coefficient (Wildman–Crippen LogP) is 0.0285. The van der Waals surface area contributed by atoms with Gasteiger partial charge in [-0.1, -0.05) is 6.92 Å². The number of carbonyl (C=O) groups is 1. The van der Waals surface area contributed by atoms with Gasteiger partial charge in [0.05, 0.1) is 0 Å². The molecule has 0 spiro atoms. The molecule has 3 unspecified atom stereocenters. The van der Waals surface area contributed by atoms with Crippen molar-refractivity contribution in [1.29, 1.82) is 0 Å². The second kappa shape index (κ2) is 5.99. The van der Waals surface area contributed by atoms with E-state index in [1.54, 1.807) is 0 Å². The largest absolute Gasteiger partial charge is 0.328 e. The van der Waals surface area contributed by atoms with E-state index in [1.807, 2.05) is 0 Å². The van der Waals surface area contributed by atoms with Gasteiger partial charge in [-0.05, 0) is 32.2 Å². The first kappa shape index (κ1) is 13.8. The van der Waals surface area contributed by atoms with Gasteiger partial charge in [0.1, 0.15) is 0 Å². The smallest absolute Gasteiger partial charge is 0.237 e. The Bertz CT molecular complexity index is 289. The van der Waals surface area contributed by atoms with Crippen LogP contribution in [0.25, 0.3) is 0 Å². The van der Waals surface area contributed by atoms with Crippen molar-refractivity contribution in [2.75, 3.05) is 33.2 Å². The number of hydrazine groups is 1. The zero-order chi connectivity index (χ0) is 13.1.